The van der Waals surface area contributed by atoms with E-state index in [-0.39, 0.29) is 30.4 Å². The summed E-state index contributed by atoms with van der Waals surface area (Å²) < 4.78 is 6.84. The Hall–Kier alpha value is -4.39. The largest absolute Gasteiger partial charge is 0.481 e. The maximum Gasteiger partial charge on any atom is 0.356 e. The molecule has 3 aromatic carbocycles. The van der Waals surface area contributed by atoms with E-state index in [1.807, 2.05) is 91.0 Å². The van der Waals surface area contributed by atoms with Gasteiger partial charge in [-0.2, -0.15) is 0 Å². The van der Waals surface area contributed by atoms with Gasteiger partial charge in [0.2, 0.25) is 5.91 Å². The van der Waals surface area contributed by atoms with Gasteiger partial charge in [-0.1, -0.05) is 103 Å². The first-order chi connectivity index (χ1) is 22.4. The first kappa shape index (κ1) is 31.6. The topological polar surface area (TPSA) is 126 Å². The first-order valence-electron chi connectivity index (χ1n) is 14.5. The van der Waals surface area contributed by atoms with E-state index >= 15 is 0 Å². The quantitative estimate of drug-likeness (QED) is 0.150. The Morgan fingerprint density at radius 1 is 0.978 bits per heavy atom. The highest BCUT2D eigenvalue weighted by Crippen LogP contribution is 2.46. The van der Waals surface area contributed by atoms with E-state index in [1.54, 1.807) is 5.38 Å². The van der Waals surface area contributed by atoms with E-state index in [0.717, 1.165) is 16.7 Å². The summed E-state index contributed by atoms with van der Waals surface area (Å²) in [6.07, 6.45) is -0.326. The molecule has 2 amide bonds. The van der Waals surface area contributed by atoms with Crippen LogP contribution in [0, 0.1) is 0 Å². The lowest BCUT2D eigenvalue weighted by Gasteiger charge is -2.49. The van der Waals surface area contributed by atoms with E-state index < -0.39 is 29.5 Å². The van der Waals surface area contributed by atoms with Crippen LogP contribution in [0.2, 0.25) is 0 Å². The molecule has 2 atom stereocenters. The summed E-state index contributed by atoms with van der Waals surface area (Å²) in [6, 6.07) is 27.3. The van der Waals surface area contributed by atoms with Gasteiger partial charge in [0.1, 0.15) is 17.1 Å². The smallest absolute Gasteiger partial charge is 0.356 e. The Morgan fingerprint density at radius 2 is 1.61 bits per heavy atom. The van der Waals surface area contributed by atoms with Crippen molar-refractivity contribution in [2.45, 2.75) is 41.1 Å². The number of nitrogens with one attached hydrogen (secondary N) is 1. The number of ether oxygens (including phenoxy) is 1. The lowest BCUT2D eigenvalue weighted by molar-refractivity contribution is -0.154. The highest BCUT2D eigenvalue weighted by atomic mass is 32.2. The molecule has 46 heavy (non-hydrogen) atoms. The molecule has 12 heteroatoms. The van der Waals surface area contributed by atoms with Crippen molar-refractivity contribution in [2.24, 2.45) is 0 Å². The van der Waals surface area contributed by atoms with Gasteiger partial charge in [-0.05, 0) is 16.7 Å². The van der Waals surface area contributed by atoms with Crippen molar-refractivity contribution in [1.29, 1.82) is 0 Å². The number of hydrogen-bond acceptors (Lipinski definition) is 9. The molecule has 0 saturated carbocycles. The molecule has 234 valence electrons. The Bertz CT molecular complexity index is 1720. The number of hydrogen-bond donors (Lipinski definition) is 2. The number of esters is 1. The summed E-state index contributed by atoms with van der Waals surface area (Å²) in [7, 11) is 0. The van der Waals surface area contributed by atoms with Gasteiger partial charge in [0.05, 0.1) is 18.5 Å². The number of amides is 2. The molecule has 3 heterocycles. The van der Waals surface area contributed by atoms with Crippen molar-refractivity contribution < 1.29 is 29.0 Å². The number of carbonyl (C=O) groups is 4. The molecule has 1 saturated heterocycles. The third-order valence-corrected chi connectivity index (χ3v) is 11.0. The van der Waals surface area contributed by atoms with Crippen LogP contribution in [-0.2, 0) is 36.8 Å². The van der Waals surface area contributed by atoms with Gasteiger partial charge in [-0.25, -0.2) is 9.78 Å². The number of aromatic nitrogens is 1. The molecule has 1 fully saturated rings. The van der Waals surface area contributed by atoms with Gasteiger partial charge in [0, 0.05) is 22.5 Å². The summed E-state index contributed by atoms with van der Waals surface area (Å²) in [5.41, 5.74) is 3.17. The second-order valence-corrected chi connectivity index (χ2v) is 13.9. The Kier molecular flexibility index (Phi) is 9.86. The Labute approximate surface area is 278 Å². The van der Waals surface area contributed by atoms with Crippen LogP contribution in [0.1, 0.15) is 34.9 Å². The van der Waals surface area contributed by atoms with Crippen molar-refractivity contribution in [3.05, 3.63) is 129 Å². The summed E-state index contributed by atoms with van der Waals surface area (Å²) in [5.74, 6) is -1.84. The minimum Gasteiger partial charge on any atom is -0.481 e. The Morgan fingerprint density at radius 3 is 2.24 bits per heavy atom. The third kappa shape index (κ3) is 7.19. The van der Waals surface area contributed by atoms with Crippen LogP contribution in [-0.4, -0.2) is 55.9 Å². The van der Waals surface area contributed by atoms with Crippen molar-refractivity contribution >= 4 is 58.6 Å². The molecule has 0 bridgehead atoms. The lowest BCUT2D eigenvalue weighted by Crippen LogP contribution is -2.70. The Balaban J connectivity index is 1.28. The molecular weight excluding hydrogens is 643 g/mol. The van der Waals surface area contributed by atoms with Crippen LogP contribution in [0.3, 0.4) is 0 Å². The fraction of sp³-hybridized carbons (Fsp3) is 0.206. The van der Waals surface area contributed by atoms with Gasteiger partial charge in [-0.15, -0.1) is 23.1 Å². The first-order valence-corrected chi connectivity index (χ1v) is 17.3. The van der Waals surface area contributed by atoms with Crippen molar-refractivity contribution in [1.82, 2.24) is 15.2 Å². The summed E-state index contributed by atoms with van der Waals surface area (Å²) in [4.78, 5) is 58.3. The number of carbonyl (C=O) groups excluding carboxylic acids is 3. The highest BCUT2D eigenvalue weighted by molar-refractivity contribution is 8.07. The number of carboxylic acid groups (broad SMARTS) is 1. The number of thiazole rings is 1. The summed E-state index contributed by atoms with van der Waals surface area (Å²) in [6.45, 7) is 0. The average molecular weight is 672 g/mol. The molecular formula is C34H29N3O6S3. The molecule has 0 spiro atoms. The zero-order valence-electron chi connectivity index (χ0n) is 24.4. The highest BCUT2D eigenvalue weighted by Gasteiger charge is 2.55. The number of aryl methyl sites for hydroxylation is 1. The number of β-lactam (4-membered cyclic amide) rings is 1. The average Bonchev–Trinajstić information content (AvgIpc) is 3.53. The number of thioether (sulfide) groups is 2. The molecule has 2 aliphatic heterocycles. The normalized spacial score (nSPS) is 17.3. The summed E-state index contributed by atoms with van der Waals surface area (Å²) >= 11 is 4.08. The van der Waals surface area contributed by atoms with Gasteiger partial charge in [0.25, 0.3) is 5.91 Å². The maximum atomic E-state index is 14.2. The summed E-state index contributed by atoms with van der Waals surface area (Å²) in [5, 5.41) is 13.2. The fourth-order valence-corrected chi connectivity index (χ4v) is 8.70. The van der Waals surface area contributed by atoms with Crippen LogP contribution < -0.4 is 5.32 Å². The lowest BCUT2D eigenvalue weighted by atomic mass is 10.0. The predicted molar refractivity (Wildman–Crippen MR) is 177 cm³/mol. The number of aliphatic carboxylic acids is 1. The molecule has 6 rings (SSSR count). The molecule has 4 aromatic rings. The van der Waals surface area contributed by atoms with Crippen molar-refractivity contribution in [3.8, 4) is 0 Å². The van der Waals surface area contributed by atoms with E-state index in [1.165, 1.54) is 39.8 Å². The van der Waals surface area contributed by atoms with Crippen molar-refractivity contribution in [3.63, 3.8) is 0 Å². The SMILES string of the molecule is O=C(O)CCc1csc(SC2=C(C(=O)OC(c3ccccc3)c3ccccc3)N3C(=O)[C@@H](NC(=O)Cc4ccccc4)[C@H]3SC2)n1. The zero-order valence-corrected chi connectivity index (χ0v) is 26.9. The third-order valence-electron chi connectivity index (χ3n) is 7.42. The van der Waals surface area contributed by atoms with E-state index in [9.17, 15) is 19.2 Å². The molecule has 0 radical (unpaired) electrons. The minimum absolute atomic E-state index is 0.0360. The van der Waals surface area contributed by atoms with Gasteiger partial charge in [0.15, 0.2) is 10.4 Å². The van der Waals surface area contributed by atoms with Crippen LogP contribution in [0.4, 0.5) is 0 Å². The number of benzene rings is 3. The second kappa shape index (κ2) is 14.4. The second-order valence-electron chi connectivity index (χ2n) is 10.6. The van der Waals surface area contributed by atoms with Gasteiger partial charge >= 0.3 is 11.9 Å². The van der Waals surface area contributed by atoms with Crippen LogP contribution in [0.5, 0.6) is 0 Å². The molecule has 2 aliphatic rings. The zero-order chi connectivity index (χ0) is 32.0. The van der Waals surface area contributed by atoms with Crippen molar-refractivity contribution in [2.75, 3.05) is 5.75 Å². The standard InChI is InChI=1S/C34H29N3O6S3/c38-26(18-21-10-4-1-5-11-21)36-28-31(41)37-29(25(20-44-32(28)37)46-34-35-24(19-45-34)16-17-27(39)40)33(42)43-30(22-12-6-2-7-13-22)23-14-8-3-9-15-23/h1-15,19,28,30,32H,16-18,20H2,(H,36,38)(H,39,40)/t28-,32-/m1/s1. The number of fused-ring (bicyclic) bond motifs is 1. The van der Waals surface area contributed by atoms with E-state index in [0.29, 0.717) is 27.1 Å². The maximum absolute atomic E-state index is 14.2. The number of rotatable bonds is 12. The van der Waals surface area contributed by atoms with Gasteiger partial charge < -0.3 is 15.2 Å². The van der Waals surface area contributed by atoms with Crippen LogP contribution in [0.15, 0.2) is 111 Å². The molecule has 0 unspecified atom stereocenters. The monoisotopic (exact) mass is 671 g/mol. The number of nitrogens with zero attached hydrogens (tertiary/aromatic N) is 2. The molecule has 2 N–H and O–H groups in total. The van der Waals surface area contributed by atoms with Gasteiger partial charge in [-0.3, -0.25) is 19.3 Å². The van der Waals surface area contributed by atoms with Crippen LogP contribution in [0.25, 0.3) is 0 Å². The van der Waals surface area contributed by atoms with Crippen LogP contribution >= 0.6 is 34.9 Å². The number of carboxylic acids is 1. The minimum atomic E-state index is -0.905. The van der Waals surface area contributed by atoms with E-state index in [4.69, 9.17) is 9.84 Å². The van der Waals surface area contributed by atoms with E-state index in [2.05, 4.69) is 10.3 Å². The predicted octanol–water partition coefficient (Wildman–Crippen LogP) is 5.44. The molecule has 1 aromatic heterocycles. The molecule has 9 nitrogen and oxygen atoms in total. The molecule has 0 aliphatic carbocycles. The fourth-order valence-electron chi connectivity index (χ4n) is 5.20.